The zero-order chi connectivity index (χ0) is 75.1. The SMILES string of the molecule is COC(=O)c1sc2ccc3ncccc3c2c1CC[C@H](C)CC(=O)OC(C)(C)C.COC(=O)c1sc2ccc3ncccc3c2c1CC[C@H](C)N.COC(=O)c1sc2ccc3ncccc3c2c1N.C[C@H]1CNc2c(sc3ccc4ncccc4c23)C(=O)N1.C[C@H]1COS(=O)(=O)N1C(=O)OC(C)(C)C.S.S.S.S. The Kier molecular flexibility index (Phi) is 31.2. The van der Waals surface area contributed by atoms with Crippen molar-refractivity contribution < 1.29 is 65.1 Å². The van der Waals surface area contributed by atoms with Gasteiger partial charge in [0.15, 0.2) is 0 Å². The highest BCUT2D eigenvalue weighted by molar-refractivity contribution is 7.85. The molecule has 0 spiro atoms. The lowest BCUT2D eigenvalue weighted by molar-refractivity contribution is -0.155. The summed E-state index contributed by atoms with van der Waals surface area (Å²) in [6.07, 6.45) is 9.58. The number of benzene rings is 4. The number of aryl methyl sites for hydroxylation is 2. The molecule has 8 aromatic heterocycles. The summed E-state index contributed by atoms with van der Waals surface area (Å²) < 4.78 is 57.0. The van der Waals surface area contributed by atoms with Crippen molar-refractivity contribution in [3.63, 3.8) is 0 Å². The number of thiophene rings is 4. The van der Waals surface area contributed by atoms with E-state index in [1.807, 2.05) is 133 Å². The Morgan fingerprint density at radius 1 is 0.583 bits per heavy atom. The highest BCUT2D eigenvalue weighted by atomic mass is 32.2. The Morgan fingerprint density at radius 2 is 0.981 bits per heavy atom. The number of hydrogen-bond acceptors (Lipinski definition) is 25. The van der Waals surface area contributed by atoms with Crippen molar-refractivity contribution >= 4 is 241 Å². The molecule has 2 aliphatic rings. The van der Waals surface area contributed by atoms with Crippen LogP contribution in [-0.4, -0.2) is 132 Å². The number of methoxy groups -OCH3 is 3. The highest BCUT2D eigenvalue weighted by Gasteiger charge is 2.42. The number of fused-ring (bicyclic) bond motifs is 14. The summed E-state index contributed by atoms with van der Waals surface area (Å²) in [5.41, 5.74) is 17.8. The van der Waals surface area contributed by atoms with Gasteiger partial charge in [-0.2, -0.15) is 66.7 Å². The molecule has 6 N–H and O–H groups in total. The van der Waals surface area contributed by atoms with Gasteiger partial charge in [0, 0.05) is 112 Å². The third-order valence-electron chi connectivity index (χ3n) is 16.6. The summed E-state index contributed by atoms with van der Waals surface area (Å²) in [4.78, 5) is 92.1. The average Bonchev–Trinajstić information content (AvgIpc) is 1.61. The lowest BCUT2D eigenvalue weighted by Gasteiger charge is -2.24. The molecule has 0 radical (unpaired) electrons. The maximum Gasteiger partial charge on any atom is 0.426 e. The third kappa shape index (κ3) is 20.6. The van der Waals surface area contributed by atoms with Crippen molar-refractivity contribution in [3.8, 4) is 0 Å². The summed E-state index contributed by atoms with van der Waals surface area (Å²) in [6, 6.07) is 31.3. The van der Waals surface area contributed by atoms with E-state index in [1.165, 1.54) is 66.7 Å². The number of amides is 2. The van der Waals surface area contributed by atoms with Gasteiger partial charge in [-0.1, -0.05) is 31.2 Å². The van der Waals surface area contributed by atoms with E-state index < -0.39 is 39.6 Å². The van der Waals surface area contributed by atoms with Gasteiger partial charge >= 0.3 is 40.3 Å². The van der Waals surface area contributed by atoms with Gasteiger partial charge in [-0.3, -0.25) is 33.7 Å². The summed E-state index contributed by atoms with van der Waals surface area (Å²) in [6.45, 7) is 18.9. The quantitative estimate of drug-likeness (QED) is 0.0690. The van der Waals surface area contributed by atoms with E-state index in [0.29, 0.717) is 37.5 Å². The van der Waals surface area contributed by atoms with Crippen LogP contribution in [0.2, 0.25) is 0 Å². The molecule has 2 amide bonds. The maximum atomic E-state index is 12.4. The first kappa shape index (κ1) is 88.7. The number of anilines is 2. The standard InChI is InChI=1S/C23H27NO4S.C17H18N2O2S.C15H13N3OS.C13H10N2O2S.C8H15NO5S.4H2S/c1-14(13-19(25)28-23(2,3)4)8-9-16-20-15-7-6-12-24-17(15)10-11-18(20)29-21(16)22(26)27-5;1-10(18)5-6-12-15-11-4-3-9-19-13(11)7-8-14(15)22-16(12)17(20)21-2;1-8-7-17-13-12-9-3-2-6-16-10(9)4-5-11(12)20-14(13)15(19)18-8;1-17-13(16)12-11(14)10-7-3-2-6-15-8(7)4-5-9(10)18-12;1-6-5-13-15(11,12)9(6)7(10)14-8(2,3)4;;;;/h6-7,10-12,14H,8-9,13H2,1-5H3;3-4,7-10H,5-6,18H2,1-2H3;2-6,8,17H,7H2,1H3,(H,18,19);2-6H,14H2,1H3;6H,5H2,1-4H3;4*1H2/t14-;10-;8-;;6-;;;;/m000.0..../s1. The number of hydrogen-bond donors (Lipinski definition) is 4. The fourth-order valence-electron chi connectivity index (χ4n) is 12.0. The molecule has 0 saturated carbocycles. The van der Waals surface area contributed by atoms with Crippen molar-refractivity contribution in [3.05, 3.63) is 152 Å². The zero-order valence-corrected chi connectivity index (χ0v) is 70.0. The van der Waals surface area contributed by atoms with Gasteiger partial charge in [-0.25, -0.2) is 19.2 Å². The van der Waals surface area contributed by atoms with Gasteiger partial charge < -0.3 is 45.8 Å². The topological polar surface area (TPSA) is 323 Å². The van der Waals surface area contributed by atoms with Gasteiger partial charge in [0.2, 0.25) is 0 Å². The number of carbonyl (C=O) groups excluding carboxylic acids is 6. The predicted molar refractivity (Wildman–Crippen MR) is 456 cm³/mol. The van der Waals surface area contributed by atoms with E-state index in [-0.39, 0.29) is 102 Å². The van der Waals surface area contributed by atoms with Crippen LogP contribution in [0.4, 0.5) is 16.2 Å². The molecule has 108 heavy (non-hydrogen) atoms. The van der Waals surface area contributed by atoms with Crippen LogP contribution in [-0.2, 0) is 55.8 Å². The number of nitrogen functional groups attached to an aromatic ring is 1. The van der Waals surface area contributed by atoms with Crippen LogP contribution in [0.3, 0.4) is 0 Å². The third-order valence-corrected chi connectivity index (χ3v) is 22.7. The van der Waals surface area contributed by atoms with Crippen LogP contribution < -0.4 is 22.1 Å². The van der Waals surface area contributed by atoms with E-state index in [0.717, 1.165) is 131 Å². The second-order valence-corrected chi connectivity index (χ2v) is 32.7. The van der Waals surface area contributed by atoms with Crippen molar-refractivity contribution in [1.82, 2.24) is 29.6 Å². The summed E-state index contributed by atoms with van der Waals surface area (Å²) in [5.74, 6) is -1.04. The molecule has 1 fully saturated rings. The first-order valence-corrected chi connectivity index (χ1v) is 38.2. The van der Waals surface area contributed by atoms with Gasteiger partial charge in [0.25, 0.3) is 5.91 Å². The minimum absolute atomic E-state index is 0. The molecule has 4 aromatic carbocycles. The van der Waals surface area contributed by atoms with Gasteiger partial charge in [0.05, 0.1) is 67.4 Å². The number of aromatic nitrogens is 4. The second-order valence-electron chi connectivity index (χ2n) is 27.1. The first-order valence-electron chi connectivity index (χ1n) is 33.5. The number of nitrogens with zero attached hydrogens (tertiary/aromatic N) is 5. The fourth-order valence-corrected chi connectivity index (χ4v) is 17.7. The van der Waals surface area contributed by atoms with Gasteiger partial charge in [0.1, 0.15) is 30.7 Å². The molecule has 12 aromatic rings. The van der Waals surface area contributed by atoms with Crippen LogP contribution in [0.25, 0.3) is 84.0 Å². The van der Waals surface area contributed by atoms with E-state index in [1.54, 1.807) is 52.5 Å². The molecule has 578 valence electrons. The number of ether oxygens (including phenoxy) is 5. The number of pyridine rings is 4. The van der Waals surface area contributed by atoms with Crippen molar-refractivity contribution in [2.45, 2.75) is 131 Å². The molecular formula is C76H91N9O14S9. The molecule has 1 saturated heterocycles. The normalized spacial score (nSPS) is 14.8. The van der Waals surface area contributed by atoms with Crippen LogP contribution in [0, 0.1) is 5.92 Å². The monoisotopic (exact) mass is 1640 g/mol. The lowest BCUT2D eigenvalue weighted by Crippen LogP contribution is -2.41. The molecule has 14 rings (SSSR count). The number of esters is 4. The molecular weight excluding hydrogens is 1550 g/mol. The van der Waals surface area contributed by atoms with Crippen LogP contribution >= 0.6 is 99.3 Å². The maximum absolute atomic E-state index is 12.4. The molecule has 0 bridgehead atoms. The second kappa shape index (κ2) is 38.0. The largest absolute Gasteiger partial charge is 0.465 e. The van der Waals surface area contributed by atoms with Gasteiger partial charge in [-0.05, 0) is 178 Å². The number of carbonyl (C=O) groups is 6. The Morgan fingerprint density at radius 3 is 1.40 bits per heavy atom. The minimum atomic E-state index is -3.95. The van der Waals surface area contributed by atoms with Crippen LogP contribution in [0.1, 0.15) is 138 Å². The van der Waals surface area contributed by atoms with Crippen molar-refractivity contribution in [2.24, 2.45) is 11.7 Å². The predicted octanol–water partition coefficient (Wildman–Crippen LogP) is 16.2. The number of nitrogens with two attached hydrogens (primary N) is 2. The Balaban J connectivity index is 0.000000212. The average molecular weight is 1640 g/mol. The molecule has 32 heteroatoms. The molecule has 2 aliphatic heterocycles. The van der Waals surface area contributed by atoms with Crippen LogP contribution in [0.15, 0.2) is 122 Å². The summed E-state index contributed by atoms with van der Waals surface area (Å²) in [7, 11) is 0.226. The zero-order valence-electron chi connectivity index (χ0n) is 62.0. The highest BCUT2D eigenvalue weighted by Crippen LogP contribution is 2.43. The smallest absolute Gasteiger partial charge is 0.426 e. The fraction of sp³-hybridized carbons (Fsp3) is 0.342. The molecule has 4 atom stereocenters. The number of rotatable bonds is 11. The summed E-state index contributed by atoms with van der Waals surface area (Å²) in [5, 5.41) is 14.7. The van der Waals surface area contributed by atoms with Crippen molar-refractivity contribution in [1.29, 1.82) is 0 Å². The van der Waals surface area contributed by atoms with E-state index in [2.05, 4.69) is 40.8 Å². The van der Waals surface area contributed by atoms with Gasteiger partial charge in [-0.15, -0.1) is 45.3 Å². The Labute approximate surface area is 670 Å². The number of nitrogens with one attached hydrogen (secondary N) is 2. The molecule has 0 aliphatic carbocycles. The molecule has 23 nitrogen and oxygen atoms in total. The molecule has 0 unspecified atom stereocenters. The van der Waals surface area contributed by atoms with Crippen LogP contribution in [0.5, 0.6) is 0 Å². The Hall–Kier alpha value is -8.15. The molecule has 10 heterocycles. The first-order chi connectivity index (χ1) is 49.4. The lowest BCUT2D eigenvalue weighted by atomic mass is 9.95. The van der Waals surface area contributed by atoms with E-state index in [9.17, 15) is 37.2 Å². The Bertz CT molecular complexity index is 5360. The van der Waals surface area contributed by atoms with E-state index >= 15 is 0 Å². The van der Waals surface area contributed by atoms with Crippen molar-refractivity contribution in [2.75, 3.05) is 45.5 Å². The van der Waals surface area contributed by atoms with E-state index in [4.69, 9.17) is 35.2 Å². The minimum Gasteiger partial charge on any atom is -0.465 e. The summed E-state index contributed by atoms with van der Waals surface area (Å²) >= 11 is 5.81.